The van der Waals surface area contributed by atoms with Gasteiger partial charge in [-0.25, -0.2) is 4.98 Å². The molecule has 1 heterocycles. The molecule has 25 heavy (non-hydrogen) atoms. The minimum absolute atomic E-state index is 0.0192. The van der Waals surface area contributed by atoms with E-state index in [1.807, 2.05) is 0 Å². The SMILES string of the molecule is CC(C)C(O)(CCc1ccc(C(F)(F)F)cc1)C(=O)Cc1ncc[nH]1. The lowest BCUT2D eigenvalue weighted by Gasteiger charge is -2.30. The van der Waals surface area contributed by atoms with Gasteiger partial charge >= 0.3 is 6.18 Å². The van der Waals surface area contributed by atoms with Gasteiger partial charge in [-0.3, -0.25) is 4.79 Å². The second-order valence-corrected chi connectivity index (χ2v) is 6.41. The monoisotopic (exact) mass is 354 g/mol. The summed E-state index contributed by atoms with van der Waals surface area (Å²) in [6.07, 6.45) is -0.838. The van der Waals surface area contributed by atoms with Gasteiger partial charge in [0.25, 0.3) is 0 Å². The molecular formula is C18H21F3N2O2. The van der Waals surface area contributed by atoms with Crippen LogP contribution in [0, 0.1) is 5.92 Å². The second-order valence-electron chi connectivity index (χ2n) is 6.41. The summed E-state index contributed by atoms with van der Waals surface area (Å²) in [4.78, 5) is 19.3. The molecule has 1 unspecified atom stereocenters. The molecular weight excluding hydrogens is 333 g/mol. The number of rotatable bonds is 7. The average Bonchev–Trinajstić information content (AvgIpc) is 3.04. The van der Waals surface area contributed by atoms with Crippen molar-refractivity contribution in [3.05, 3.63) is 53.6 Å². The van der Waals surface area contributed by atoms with E-state index in [1.165, 1.54) is 18.3 Å². The van der Waals surface area contributed by atoms with Crippen LogP contribution in [0.2, 0.25) is 0 Å². The molecule has 0 saturated heterocycles. The summed E-state index contributed by atoms with van der Waals surface area (Å²) in [5, 5.41) is 10.8. The van der Waals surface area contributed by atoms with Gasteiger partial charge in [0.15, 0.2) is 5.78 Å². The number of aryl methyl sites for hydroxylation is 1. The third-order valence-electron chi connectivity index (χ3n) is 4.40. The molecule has 2 N–H and O–H groups in total. The summed E-state index contributed by atoms with van der Waals surface area (Å²) in [5.41, 5.74) is -1.64. The highest BCUT2D eigenvalue weighted by Crippen LogP contribution is 2.30. The molecule has 136 valence electrons. The Morgan fingerprint density at radius 1 is 1.24 bits per heavy atom. The highest BCUT2D eigenvalue weighted by atomic mass is 19.4. The molecule has 0 radical (unpaired) electrons. The molecule has 0 fully saturated rings. The van der Waals surface area contributed by atoms with Gasteiger partial charge in [0.2, 0.25) is 0 Å². The van der Waals surface area contributed by atoms with E-state index in [9.17, 15) is 23.1 Å². The van der Waals surface area contributed by atoms with Crippen LogP contribution < -0.4 is 0 Å². The van der Waals surface area contributed by atoms with Crippen molar-refractivity contribution in [1.29, 1.82) is 0 Å². The number of Topliss-reactive ketones (excluding diaryl/α,β-unsaturated/α-hetero) is 1. The Morgan fingerprint density at radius 3 is 2.36 bits per heavy atom. The number of aliphatic hydroxyl groups is 1. The minimum Gasteiger partial charge on any atom is -0.382 e. The largest absolute Gasteiger partial charge is 0.416 e. The molecule has 1 aromatic carbocycles. The van der Waals surface area contributed by atoms with E-state index in [0.29, 0.717) is 17.8 Å². The van der Waals surface area contributed by atoms with Gasteiger partial charge in [-0.2, -0.15) is 13.2 Å². The van der Waals surface area contributed by atoms with Crippen molar-refractivity contribution < 1.29 is 23.1 Å². The third kappa shape index (κ3) is 4.69. The normalized spacial score (nSPS) is 14.5. The Balaban J connectivity index is 2.07. The zero-order chi connectivity index (χ0) is 18.7. The lowest BCUT2D eigenvalue weighted by Crippen LogP contribution is -2.45. The van der Waals surface area contributed by atoms with Crippen molar-refractivity contribution in [3.63, 3.8) is 0 Å². The molecule has 2 aromatic rings. The lowest BCUT2D eigenvalue weighted by molar-refractivity contribution is -0.142. The molecule has 0 aliphatic rings. The van der Waals surface area contributed by atoms with Crippen LogP contribution in [-0.4, -0.2) is 26.5 Å². The number of imidazole rings is 1. The summed E-state index contributed by atoms with van der Waals surface area (Å²) < 4.78 is 37.8. The fourth-order valence-corrected chi connectivity index (χ4v) is 2.65. The number of halogens is 3. The predicted molar refractivity (Wildman–Crippen MR) is 86.9 cm³/mol. The van der Waals surface area contributed by atoms with Crippen molar-refractivity contribution in [3.8, 4) is 0 Å². The summed E-state index contributed by atoms with van der Waals surface area (Å²) >= 11 is 0. The molecule has 0 amide bonds. The first-order valence-electron chi connectivity index (χ1n) is 8.03. The fourth-order valence-electron chi connectivity index (χ4n) is 2.65. The quantitative estimate of drug-likeness (QED) is 0.799. The van der Waals surface area contributed by atoms with Crippen molar-refractivity contribution in [2.75, 3.05) is 0 Å². The number of ketones is 1. The Hall–Kier alpha value is -2.15. The maximum Gasteiger partial charge on any atom is 0.416 e. The van der Waals surface area contributed by atoms with Crippen LogP contribution in [0.3, 0.4) is 0 Å². The van der Waals surface area contributed by atoms with E-state index in [0.717, 1.165) is 12.1 Å². The van der Waals surface area contributed by atoms with Crippen LogP contribution in [0.1, 0.15) is 37.2 Å². The van der Waals surface area contributed by atoms with E-state index in [-0.39, 0.29) is 24.5 Å². The van der Waals surface area contributed by atoms with Gasteiger partial charge in [-0.1, -0.05) is 26.0 Å². The first-order chi connectivity index (χ1) is 11.6. The molecule has 0 saturated carbocycles. The Bertz CT molecular complexity index is 694. The molecule has 4 nitrogen and oxygen atoms in total. The number of carbonyl (C=O) groups is 1. The molecule has 7 heteroatoms. The maximum atomic E-state index is 12.6. The van der Waals surface area contributed by atoms with Crippen LogP contribution >= 0.6 is 0 Å². The van der Waals surface area contributed by atoms with Gasteiger partial charge in [-0.05, 0) is 36.5 Å². The summed E-state index contributed by atoms with van der Waals surface area (Å²) in [7, 11) is 0. The molecule has 0 spiro atoms. The summed E-state index contributed by atoms with van der Waals surface area (Å²) in [6, 6.07) is 4.77. The van der Waals surface area contributed by atoms with Gasteiger partial charge in [-0.15, -0.1) is 0 Å². The van der Waals surface area contributed by atoms with Crippen LogP contribution in [0.5, 0.6) is 0 Å². The van der Waals surface area contributed by atoms with Gasteiger partial charge in [0, 0.05) is 12.4 Å². The Labute approximate surface area is 144 Å². The smallest absolute Gasteiger partial charge is 0.382 e. The number of alkyl halides is 3. The number of aromatic nitrogens is 2. The van der Waals surface area contributed by atoms with Gasteiger partial charge in [0.05, 0.1) is 12.0 Å². The molecule has 1 atom stereocenters. The van der Waals surface area contributed by atoms with Crippen molar-refractivity contribution in [2.45, 2.75) is 44.9 Å². The van der Waals surface area contributed by atoms with Crippen LogP contribution in [-0.2, 0) is 23.8 Å². The molecule has 2 rings (SSSR count). The van der Waals surface area contributed by atoms with E-state index < -0.39 is 17.3 Å². The predicted octanol–water partition coefficient (Wildman–Crippen LogP) is 3.56. The number of aromatic amines is 1. The zero-order valence-electron chi connectivity index (χ0n) is 14.1. The van der Waals surface area contributed by atoms with Crippen molar-refractivity contribution in [2.24, 2.45) is 5.92 Å². The van der Waals surface area contributed by atoms with Crippen LogP contribution in [0.15, 0.2) is 36.7 Å². The standard InChI is InChI=1S/C18H21F3N2O2/c1-12(2)17(25,15(24)11-16-22-9-10-23-16)8-7-13-3-5-14(6-4-13)18(19,20)21/h3-6,9-10,12,25H,7-8,11H2,1-2H3,(H,22,23). The third-order valence-corrected chi connectivity index (χ3v) is 4.40. The molecule has 0 aliphatic heterocycles. The molecule has 0 bridgehead atoms. The van der Waals surface area contributed by atoms with E-state index in [4.69, 9.17) is 0 Å². The molecule has 0 aliphatic carbocycles. The minimum atomic E-state index is -4.38. The number of hydrogen-bond acceptors (Lipinski definition) is 3. The summed E-state index contributed by atoms with van der Waals surface area (Å²) in [5.74, 6) is -0.215. The van der Waals surface area contributed by atoms with Gasteiger partial charge in [0.1, 0.15) is 11.4 Å². The zero-order valence-corrected chi connectivity index (χ0v) is 14.1. The van der Waals surface area contributed by atoms with E-state index in [1.54, 1.807) is 20.0 Å². The number of H-pyrrole nitrogens is 1. The first-order valence-corrected chi connectivity index (χ1v) is 8.03. The van der Waals surface area contributed by atoms with Gasteiger partial charge < -0.3 is 10.1 Å². The van der Waals surface area contributed by atoms with Crippen LogP contribution in [0.4, 0.5) is 13.2 Å². The number of nitrogens with one attached hydrogen (secondary N) is 1. The number of carbonyl (C=O) groups excluding carboxylic acids is 1. The van der Waals surface area contributed by atoms with E-state index >= 15 is 0 Å². The Kier molecular flexibility index (Phi) is 5.67. The topological polar surface area (TPSA) is 66.0 Å². The Morgan fingerprint density at radius 2 is 1.88 bits per heavy atom. The highest BCUT2D eigenvalue weighted by molar-refractivity contribution is 5.88. The summed E-state index contributed by atoms with van der Waals surface area (Å²) in [6.45, 7) is 3.49. The number of benzene rings is 1. The maximum absolute atomic E-state index is 12.6. The first kappa shape index (κ1) is 19.2. The second kappa shape index (κ2) is 7.39. The number of hydrogen-bond donors (Lipinski definition) is 2. The van der Waals surface area contributed by atoms with E-state index in [2.05, 4.69) is 9.97 Å². The fraction of sp³-hybridized carbons (Fsp3) is 0.444. The lowest BCUT2D eigenvalue weighted by atomic mass is 9.80. The molecule has 1 aromatic heterocycles. The number of nitrogens with zero attached hydrogens (tertiary/aromatic N) is 1. The average molecular weight is 354 g/mol. The highest BCUT2D eigenvalue weighted by Gasteiger charge is 2.38. The van der Waals surface area contributed by atoms with Crippen molar-refractivity contribution in [1.82, 2.24) is 9.97 Å². The van der Waals surface area contributed by atoms with Crippen molar-refractivity contribution >= 4 is 5.78 Å². The van der Waals surface area contributed by atoms with Crippen LogP contribution in [0.25, 0.3) is 0 Å².